The van der Waals surface area contributed by atoms with Gasteiger partial charge in [-0.05, 0) is 13.0 Å². The highest BCUT2D eigenvalue weighted by molar-refractivity contribution is 8.15. The third kappa shape index (κ3) is 3.57. The molecule has 0 spiro atoms. The number of benzene rings is 1. The van der Waals surface area contributed by atoms with Gasteiger partial charge in [0, 0.05) is 23.7 Å². The van der Waals surface area contributed by atoms with E-state index in [1.54, 1.807) is 19.1 Å². The Morgan fingerprint density at radius 2 is 2.29 bits per heavy atom. The van der Waals surface area contributed by atoms with Crippen LogP contribution in [0.1, 0.15) is 12.0 Å². The zero-order valence-corrected chi connectivity index (χ0v) is 11.8. The van der Waals surface area contributed by atoms with Crippen LogP contribution in [0.3, 0.4) is 0 Å². The highest BCUT2D eigenvalue weighted by Gasteiger charge is 2.29. The molecule has 2 rings (SSSR count). The van der Waals surface area contributed by atoms with Crippen molar-refractivity contribution in [3.8, 4) is 0 Å². The second kappa shape index (κ2) is 5.92. The van der Waals surface area contributed by atoms with E-state index in [0.29, 0.717) is 11.3 Å². The van der Waals surface area contributed by atoms with Crippen LogP contribution in [-0.2, 0) is 9.59 Å². The van der Waals surface area contributed by atoms with Crippen molar-refractivity contribution in [3.05, 3.63) is 33.9 Å². The largest absolute Gasteiger partial charge is 0.378 e. The van der Waals surface area contributed by atoms with E-state index in [1.165, 1.54) is 6.07 Å². The molecule has 1 aliphatic heterocycles. The van der Waals surface area contributed by atoms with E-state index in [-0.39, 0.29) is 17.3 Å². The summed E-state index contributed by atoms with van der Waals surface area (Å²) in [6.45, 7) is 1.61. The number of amidine groups is 1. The van der Waals surface area contributed by atoms with Gasteiger partial charge >= 0.3 is 0 Å². The third-order valence-electron chi connectivity index (χ3n) is 2.82. The van der Waals surface area contributed by atoms with Gasteiger partial charge in [0.05, 0.1) is 4.92 Å². The lowest BCUT2D eigenvalue weighted by molar-refractivity contribution is -0.385. The molecular formula is C12H12N4O4S. The van der Waals surface area contributed by atoms with E-state index in [2.05, 4.69) is 10.3 Å². The molecule has 0 radical (unpaired) electrons. The van der Waals surface area contributed by atoms with Crippen LogP contribution in [0.5, 0.6) is 0 Å². The van der Waals surface area contributed by atoms with Crippen LogP contribution in [0, 0.1) is 17.0 Å². The Labute approximate surface area is 123 Å². The average molecular weight is 308 g/mol. The monoisotopic (exact) mass is 308 g/mol. The first kappa shape index (κ1) is 15.0. The Bertz CT molecular complexity index is 659. The van der Waals surface area contributed by atoms with Crippen LogP contribution >= 0.6 is 11.8 Å². The lowest BCUT2D eigenvalue weighted by atomic mass is 10.2. The molecule has 0 bridgehead atoms. The summed E-state index contributed by atoms with van der Waals surface area (Å²) in [5.74, 6) is -0.869. The number of nitrogens with one attached hydrogen (secondary N) is 1. The molecule has 0 aliphatic carbocycles. The minimum atomic E-state index is -0.634. The first-order valence-corrected chi connectivity index (χ1v) is 6.84. The highest BCUT2D eigenvalue weighted by Crippen LogP contribution is 2.25. The molecular weight excluding hydrogens is 296 g/mol. The molecule has 0 saturated carbocycles. The van der Waals surface area contributed by atoms with Crippen molar-refractivity contribution in [1.82, 2.24) is 0 Å². The fourth-order valence-corrected chi connectivity index (χ4v) is 2.62. The van der Waals surface area contributed by atoms with Gasteiger partial charge in [-0.15, -0.1) is 0 Å². The number of nitrogens with zero attached hydrogens (tertiary/aromatic N) is 2. The van der Waals surface area contributed by atoms with Gasteiger partial charge < -0.3 is 11.1 Å². The molecule has 1 aliphatic rings. The first-order valence-electron chi connectivity index (χ1n) is 5.96. The Balaban J connectivity index is 2.02. The fraction of sp³-hybridized carbons (Fsp3) is 0.250. The van der Waals surface area contributed by atoms with Crippen molar-refractivity contribution < 1.29 is 14.5 Å². The summed E-state index contributed by atoms with van der Waals surface area (Å²) >= 11 is 1.03. The minimum Gasteiger partial charge on any atom is -0.378 e. The summed E-state index contributed by atoms with van der Waals surface area (Å²) in [6, 6.07) is 4.39. The Hall–Kier alpha value is -2.42. The number of rotatable bonds is 4. The van der Waals surface area contributed by atoms with Crippen LogP contribution in [-0.4, -0.2) is 27.2 Å². The number of carbonyl (C=O) groups is 2. The number of aliphatic imine (C=N–C) groups is 1. The van der Waals surface area contributed by atoms with Crippen LogP contribution in [0.15, 0.2) is 23.2 Å². The smallest absolute Gasteiger partial charge is 0.274 e. The molecule has 1 atom stereocenters. The van der Waals surface area contributed by atoms with Crippen molar-refractivity contribution in [3.63, 3.8) is 0 Å². The van der Waals surface area contributed by atoms with Crippen molar-refractivity contribution in [2.24, 2.45) is 10.7 Å². The van der Waals surface area contributed by atoms with Crippen LogP contribution in [0.2, 0.25) is 0 Å². The standard InChI is InChI=1S/C12H12N4O4S/c1-6-2-3-7(4-8(6)16(19)20)14-10(17)5-9-11(18)15-12(13)21-9/h2-4,9H,5H2,1H3,(H,14,17)(H2,13,15,18). The number of amides is 2. The maximum absolute atomic E-state index is 11.8. The maximum atomic E-state index is 11.8. The Morgan fingerprint density at radius 1 is 1.57 bits per heavy atom. The van der Waals surface area contributed by atoms with Gasteiger partial charge in [-0.25, -0.2) is 0 Å². The van der Waals surface area contributed by atoms with Crippen LogP contribution in [0.25, 0.3) is 0 Å². The highest BCUT2D eigenvalue weighted by atomic mass is 32.2. The summed E-state index contributed by atoms with van der Waals surface area (Å²) < 4.78 is 0. The SMILES string of the molecule is Cc1ccc(NC(=O)CC2SC(N)=NC2=O)cc1[N+](=O)[O-]. The molecule has 0 saturated heterocycles. The number of nitro benzene ring substituents is 1. The molecule has 21 heavy (non-hydrogen) atoms. The lowest BCUT2D eigenvalue weighted by Gasteiger charge is -2.08. The molecule has 3 N–H and O–H groups in total. The summed E-state index contributed by atoms with van der Waals surface area (Å²) in [6.07, 6.45) is -0.0879. The number of nitrogens with two attached hydrogens (primary N) is 1. The number of thioether (sulfide) groups is 1. The molecule has 1 unspecified atom stereocenters. The quantitative estimate of drug-likeness (QED) is 0.635. The summed E-state index contributed by atoms with van der Waals surface area (Å²) in [5, 5.41) is 12.9. The van der Waals surface area contributed by atoms with E-state index >= 15 is 0 Å². The number of anilines is 1. The Kier molecular flexibility index (Phi) is 4.22. The molecule has 110 valence electrons. The van der Waals surface area contributed by atoms with Crippen LogP contribution < -0.4 is 11.1 Å². The number of hydrogen-bond donors (Lipinski definition) is 2. The Morgan fingerprint density at radius 3 is 2.86 bits per heavy atom. The first-order chi connectivity index (χ1) is 9.86. The molecule has 2 amide bonds. The fourth-order valence-electron chi connectivity index (χ4n) is 1.80. The molecule has 1 heterocycles. The summed E-state index contributed by atoms with van der Waals surface area (Å²) in [5.41, 5.74) is 6.13. The van der Waals surface area contributed by atoms with E-state index in [1.807, 2.05) is 0 Å². The minimum absolute atomic E-state index is 0.0771. The third-order valence-corrected chi connectivity index (χ3v) is 3.80. The molecule has 1 aromatic rings. The van der Waals surface area contributed by atoms with E-state index in [9.17, 15) is 19.7 Å². The maximum Gasteiger partial charge on any atom is 0.274 e. The molecule has 0 aromatic heterocycles. The number of hydrogen-bond acceptors (Lipinski definition) is 6. The number of carbonyl (C=O) groups excluding carboxylic acids is 2. The predicted molar refractivity (Wildman–Crippen MR) is 79.1 cm³/mol. The van der Waals surface area contributed by atoms with E-state index < -0.39 is 22.0 Å². The predicted octanol–water partition coefficient (Wildman–Crippen LogP) is 1.19. The number of nitro groups is 1. The van der Waals surface area contributed by atoms with Crippen molar-refractivity contribution >= 4 is 40.1 Å². The van der Waals surface area contributed by atoms with Gasteiger partial charge in [-0.2, -0.15) is 4.99 Å². The second-order valence-electron chi connectivity index (χ2n) is 4.41. The average Bonchev–Trinajstić information content (AvgIpc) is 2.69. The number of aryl methyl sites for hydroxylation is 1. The van der Waals surface area contributed by atoms with Crippen molar-refractivity contribution in [1.29, 1.82) is 0 Å². The van der Waals surface area contributed by atoms with Gasteiger partial charge in [-0.1, -0.05) is 17.8 Å². The zero-order valence-electron chi connectivity index (χ0n) is 11.0. The lowest BCUT2D eigenvalue weighted by Crippen LogP contribution is -2.21. The van der Waals surface area contributed by atoms with E-state index in [0.717, 1.165) is 11.8 Å². The molecule has 1 aromatic carbocycles. The van der Waals surface area contributed by atoms with Gasteiger partial charge in [0.2, 0.25) is 5.91 Å². The second-order valence-corrected chi connectivity index (χ2v) is 5.63. The van der Waals surface area contributed by atoms with Gasteiger partial charge in [0.25, 0.3) is 11.6 Å². The van der Waals surface area contributed by atoms with Crippen LogP contribution in [0.4, 0.5) is 11.4 Å². The van der Waals surface area contributed by atoms with Gasteiger partial charge in [0.1, 0.15) is 5.25 Å². The normalized spacial score (nSPS) is 17.5. The zero-order chi connectivity index (χ0) is 15.6. The van der Waals surface area contributed by atoms with Crippen molar-refractivity contribution in [2.45, 2.75) is 18.6 Å². The molecule has 8 nitrogen and oxygen atoms in total. The topological polar surface area (TPSA) is 128 Å². The molecule has 0 fully saturated rings. The van der Waals surface area contributed by atoms with Crippen molar-refractivity contribution in [2.75, 3.05) is 5.32 Å². The summed E-state index contributed by atoms with van der Waals surface area (Å²) in [4.78, 5) is 37.1. The van der Waals surface area contributed by atoms with E-state index in [4.69, 9.17) is 5.73 Å². The summed E-state index contributed by atoms with van der Waals surface area (Å²) in [7, 11) is 0. The molecule has 9 heteroatoms. The van der Waals surface area contributed by atoms with Gasteiger partial charge in [-0.3, -0.25) is 19.7 Å². The van der Waals surface area contributed by atoms with Gasteiger partial charge in [0.15, 0.2) is 5.17 Å².